The van der Waals surface area contributed by atoms with Gasteiger partial charge in [-0.15, -0.1) is 0 Å². The summed E-state index contributed by atoms with van der Waals surface area (Å²) in [5.74, 6) is 0.717. The Labute approximate surface area is 148 Å². The number of hydrogen-bond acceptors (Lipinski definition) is 5. The van der Waals surface area contributed by atoms with Gasteiger partial charge in [0.15, 0.2) is 0 Å². The molecule has 2 unspecified atom stereocenters. The number of hydrogen-bond donors (Lipinski definition) is 1. The Kier molecular flexibility index (Phi) is 4.48. The van der Waals surface area contributed by atoms with E-state index in [1.54, 1.807) is 37.2 Å². The van der Waals surface area contributed by atoms with Crippen molar-refractivity contribution in [1.29, 1.82) is 5.26 Å². The molecule has 3 atom stereocenters. The molecule has 0 aliphatic carbocycles. The summed E-state index contributed by atoms with van der Waals surface area (Å²) in [5.41, 5.74) is 0.526. The van der Waals surface area contributed by atoms with E-state index in [2.05, 4.69) is 11.0 Å². The van der Waals surface area contributed by atoms with Gasteiger partial charge in [0.25, 0.3) is 0 Å². The van der Waals surface area contributed by atoms with Crippen LogP contribution in [-0.4, -0.2) is 59.2 Å². The minimum Gasteiger partial charge on any atom is -0.485 e. The SMILES string of the molecule is CN(C)C(=O)C1CCCN1[C@@H]1c2cc(C#N)ccc2OC(C)(C)C1O. The Morgan fingerprint density at radius 1 is 1.44 bits per heavy atom. The topological polar surface area (TPSA) is 76.8 Å². The molecule has 1 saturated heterocycles. The summed E-state index contributed by atoms with van der Waals surface area (Å²) in [7, 11) is 3.51. The Morgan fingerprint density at radius 2 is 2.16 bits per heavy atom. The average molecular weight is 343 g/mol. The molecule has 134 valence electrons. The first-order valence-electron chi connectivity index (χ1n) is 8.64. The van der Waals surface area contributed by atoms with Crippen LogP contribution in [-0.2, 0) is 4.79 Å². The summed E-state index contributed by atoms with van der Waals surface area (Å²) in [4.78, 5) is 16.3. The Hall–Kier alpha value is -2.10. The molecule has 25 heavy (non-hydrogen) atoms. The number of likely N-dealkylation sites (tertiary alicyclic amines) is 1. The lowest BCUT2D eigenvalue weighted by Gasteiger charge is -2.46. The van der Waals surface area contributed by atoms with Gasteiger partial charge in [0, 0.05) is 19.7 Å². The van der Waals surface area contributed by atoms with Gasteiger partial charge in [-0.1, -0.05) is 0 Å². The quantitative estimate of drug-likeness (QED) is 0.884. The Bertz CT molecular complexity index is 723. The molecule has 0 bridgehead atoms. The van der Waals surface area contributed by atoms with E-state index in [9.17, 15) is 15.2 Å². The minimum atomic E-state index is -0.801. The molecule has 1 amide bonds. The zero-order valence-corrected chi connectivity index (χ0v) is 15.2. The lowest BCUT2D eigenvalue weighted by Crippen LogP contribution is -2.56. The molecular formula is C19H25N3O3. The van der Waals surface area contributed by atoms with Gasteiger partial charge in [-0.2, -0.15) is 5.26 Å². The van der Waals surface area contributed by atoms with Crippen molar-refractivity contribution >= 4 is 5.91 Å². The molecule has 1 fully saturated rings. The van der Waals surface area contributed by atoms with Crippen LogP contribution in [0.5, 0.6) is 5.75 Å². The van der Waals surface area contributed by atoms with Crippen molar-refractivity contribution in [3.05, 3.63) is 29.3 Å². The first-order valence-corrected chi connectivity index (χ1v) is 8.64. The van der Waals surface area contributed by atoms with Crippen molar-refractivity contribution in [1.82, 2.24) is 9.80 Å². The third-order valence-corrected chi connectivity index (χ3v) is 5.22. The smallest absolute Gasteiger partial charge is 0.239 e. The number of carbonyl (C=O) groups excluding carboxylic acids is 1. The van der Waals surface area contributed by atoms with Gasteiger partial charge < -0.3 is 14.7 Å². The maximum absolute atomic E-state index is 12.6. The maximum atomic E-state index is 12.6. The first kappa shape index (κ1) is 17.7. The van der Waals surface area contributed by atoms with Crippen LogP contribution in [0.1, 0.15) is 43.9 Å². The van der Waals surface area contributed by atoms with E-state index in [0.29, 0.717) is 11.3 Å². The van der Waals surface area contributed by atoms with Crippen LogP contribution in [0.3, 0.4) is 0 Å². The van der Waals surface area contributed by atoms with Crippen molar-refractivity contribution < 1.29 is 14.6 Å². The normalized spacial score (nSPS) is 27.9. The number of benzene rings is 1. The minimum absolute atomic E-state index is 0.0481. The lowest BCUT2D eigenvalue weighted by molar-refractivity contribution is -0.139. The summed E-state index contributed by atoms with van der Waals surface area (Å²) in [6.45, 7) is 4.44. The third-order valence-electron chi connectivity index (χ3n) is 5.22. The lowest BCUT2D eigenvalue weighted by atomic mass is 9.84. The van der Waals surface area contributed by atoms with Gasteiger partial charge in [-0.05, 0) is 51.4 Å². The third kappa shape index (κ3) is 2.99. The van der Waals surface area contributed by atoms with Gasteiger partial charge in [-0.3, -0.25) is 9.69 Å². The van der Waals surface area contributed by atoms with Crippen LogP contribution in [0.4, 0.5) is 0 Å². The van der Waals surface area contributed by atoms with Gasteiger partial charge in [-0.25, -0.2) is 0 Å². The Morgan fingerprint density at radius 3 is 2.80 bits per heavy atom. The second kappa shape index (κ2) is 6.32. The summed E-state index contributed by atoms with van der Waals surface area (Å²) < 4.78 is 5.98. The van der Waals surface area contributed by atoms with Crippen molar-refractivity contribution in [2.45, 2.75) is 50.5 Å². The highest BCUT2D eigenvalue weighted by molar-refractivity contribution is 5.81. The highest BCUT2D eigenvalue weighted by atomic mass is 16.5. The monoisotopic (exact) mass is 343 g/mol. The van der Waals surface area contributed by atoms with E-state index in [-0.39, 0.29) is 18.0 Å². The average Bonchev–Trinajstić information content (AvgIpc) is 3.03. The number of nitriles is 1. The number of amides is 1. The molecule has 0 radical (unpaired) electrons. The number of aliphatic hydroxyl groups is 1. The number of nitrogens with zero attached hydrogens (tertiary/aromatic N) is 3. The number of aliphatic hydroxyl groups excluding tert-OH is 1. The second-order valence-electron chi connectivity index (χ2n) is 7.59. The van der Waals surface area contributed by atoms with Crippen molar-refractivity contribution in [3.8, 4) is 11.8 Å². The fourth-order valence-corrected chi connectivity index (χ4v) is 3.88. The molecule has 2 heterocycles. The number of rotatable bonds is 2. The van der Waals surface area contributed by atoms with E-state index in [4.69, 9.17) is 4.74 Å². The molecule has 1 aromatic carbocycles. The molecule has 1 N–H and O–H groups in total. The number of carbonyl (C=O) groups is 1. The van der Waals surface area contributed by atoms with Crippen LogP contribution in [0.25, 0.3) is 0 Å². The summed E-state index contributed by atoms with van der Waals surface area (Å²) in [6, 6.07) is 6.79. The molecule has 2 aliphatic heterocycles. The highest BCUT2D eigenvalue weighted by Crippen LogP contribution is 2.45. The zero-order chi connectivity index (χ0) is 18.4. The molecular weight excluding hydrogens is 318 g/mol. The van der Waals surface area contributed by atoms with Gasteiger partial charge >= 0.3 is 0 Å². The number of ether oxygens (including phenoxy) is 1. The summed E-state index contributed by atoms with van der Waals surface area (Å²) >= 11 is 0. The summed E-state index contributed by atoms with van der Waals surface area (Å²) in [6.07, 6.45) is 0.876. The molecule has 6 nitrogen and oxygen atoms in total. The van der Waals surface area contributed by atoms with Gasteiger partial charge in [0.2, 0.25) is 5.91 Å². The van der Waals surface area contributed by atoms with Crippen molar-refractivity contribution in [2.24, 2.45) is 0 Å². The number of likely N-dealkylation sites (N-methyl/N-ethyl adjacent to an activating group) is 1. The van der Waals surface area contributed by atoms with E-state index in [1.807, 2.05) is 13.8 Å². The number of fused-ring (bicyclic) bond motifs is 1. The largest absolute Gasteiger partial charge is 0.485 e. The predicted octanol–water partition coefficient (Wildman–Crippen LogP) is 1.68. The highest BCUT2D eigenvalue weighted by Gasteiger charge is 2.49. The van der Waals surface area contributed by atoms with Crippen LogP contribution >= 0.6 is 0 Å². The van der Waals surface area contributed by atoms with Gasteiger partial charge in [0.1, 0.15) is 17.5 Å². The van der Waals surface area contributed by atoms with Crippen LogP contribution in [0, 0.1) is 11.3 Å². The molecule has 1 aromatic rings. The fourth-order valence-electron chi connectivity index (χ4n) is 3.88. The fraction of sp³-hybridized carbons (Fsp3) is 0.579. The van der Waals surface area contributed by atoms with E-state index >= 15 is 0 Å². The van der Waals surface area contributed by atoms with E-state index in [0.717, 1.165) is 24.9 Å². The molecule has 3 rings (SSSR count). The first-order chi connectivity index (χ1) is 11.8. The van der Waals surface area contributed by atoms with Gasteiger partial charge in [0.05, 0.1) is 23.7 Å². The standard InChI is InChI=1S/C19H25N3O3/c1-19(2)17(23)16(13-10-12(11-20)7-8-15(13)25-19)22-9-5-6-14(22)18(24)21(3)4/h7-8,10,14,16-17,23H,5-6,9H2,1-4H3/t14?,16-,17?/m1/s1. The van der Waals surface area contributed by atoms with Crippen LogP contribution < -0.4 is 4.74 Å². The maximum Gasteiger partial charge on any atom is 0.239 e. The zero-order valence-electron chi connectivity index (χ0n) is 15.2. The molecule has 2 aliphatic rings. The van der Waals surface area contributed by atoms with Crippen molar-refractivity contribution in [3.63, 3.8) is 0 Å². The van der Waals surface area contributed by atoms with Crippen LogP contribution in [0.2, 0.25) is 0 Å². The van der Waals surface area contributed by atoms with E-state index in [1.165, 1.54) is 0 Å². The van der Waals surface area contributed by atoms with E-state index < -0.39 is 11.7 Å². The molecule has 6 heteroatoms. The molecule has 0 saturated carbocycles. The molecule has 0 spiro atoms. The Balaban J connectivity index is 2.07. The molecule has 0 aromatic heterocycles. The second-order valence-corrected chi connectivity index (χ2v) is 7.59. The summed E-state index contributed by atoms with van der Waals surface area (Å²) in [5, 5.41) is 20.3. The van der Waals surface area contributed by atoms with Crippen LogP contribution in [0.15, 0.2) is 18.2 Å². The predicted molar refractivity (Wildman–Crippen MR) is 93.0 cm³/mol. The van der Waals surface area contributed by atoms with Crippen molar-refractivity contribution in [2.75, 3.05) is 20.6 Å².